The molecule has 0 aromatic rings. The fraction of sp³-hybridized carbons (Fsp3) is 0.909. The van der Waals surface area contributed by atoms with Crippen molar-refractivity contribution < 1.29 is 4.79 Å². The molecule has 1 unspecified atom stereocenters. The molecule has 1 nitrogen and oxygen atoms in total. The number of Topliss-reactive ketones (excluding diaryl/α,β-unsaturated/α-hetero) is 1. The Morgan fingerprint density at radius 3 is 1.75 bits per heavy atom. The van der Waals surface area contributed by atoms with Gasteiger partial charge in [-0.3, -0.25) is 4.79 Å². The van der Waals surface area contributed by atoms with Crippen LogP contribution in [0.1, 0.15) is 48.0 Å². The maximum Gasteiger partial charge on any atom is 0.141 e. The molecule has 0 aromatic carbocycles. The third-order valence-electron chi connectivity index (χ3n) is 2.32. The molecule has 0 aromatic heterocycles. The van der Waals surface area contributed by atoms with Crippen molar-refractivity contribution in [3.8, 4) is 0 Å². The van der Waals surface area contributed by atoms with Gasteiger partial charge in [0.05, 0.1) is 0 Å². The molecule has 0 saturated heterocycles. The van der Waals surface area contributed by atoms with Crippen LogP contribution in [-0.2, 0) is 4.79 Å². The molecule has 0 bridgehead atoms. The van der Waals surface area contributed by atoms with Crippen molar-refractivity contribution in [3.05, 3.63) is 0 Å². The van der Waals surface area contributed by atoms with Crippen LogP contribution in [0.15, 0.2) is 0 Å². The third kappa shape index (κ3) is 2.96. The highest BCUT2D eigenvalue weighted by Crippen LogP contribution is 2.26. The van der Waals surface area contributed by atoms with Gasteiger partial charge in [0, 0.05) is 11.3 Å². The summed E-state index contributed by atoms with van der Waals surface area (Å²) in [5.41, 5.74) is -0.176. The maximum atomic E-state index is 11.8. The van der Waals surface area contributed by atoms with Gasteiger partial charge in [0.2, 0.25) is 0 Å². The molecule has 0 amide bonds. The lowest BCUT2D eigenvalue weighted by atomic mass is 9.77. The summed E-state index contributed by atoms with van der Waals surface area (Å²) in [6, 6.07) is 0. The first-order valence-electron chi connectivity index (χ1n) is 4.85. The Labute approximate surface area is 76.6 Å². The number of hydrogen-bond donors (Lipinski definition) is 0. The second-order valence-electron chi connectivity index (χ2n) is 4.87. The molecule has 0 rings (SSSR count). The van der Waals surface area contributed by atoms with Crippen molar-refractivity contribution >= 4 is 5.78 Å². The Bertz CT molecular complexity index is 151. The minimum atomic E-state index is -0.176. The van der Waals surface area contributed by atoms with E-state index < -0.39 is 0 Å². The summed E-state index contributed by atoms with van der Waals surface area (Å²) >= 11 is 0. The highest BCUT2D eigenvalue weighted by molar-refractivity contribution is 5.86. The lowest BCUT2D eigenvalue weighted by Gasteiger charge is -2.26. The monoisotopic (exact) mass is 170 g/mol. The van der Waals surface area contributed by atoms with Gasteiger partial charge in [0.25, 0.3) is 0 Å². The molecular formula is C11H22O. The van der Waals surface area contributed by atoms with Crippen LogP contribution in [0, 0.1) is 17.3 Å². The lowest BCUT2D eigenvalue weighted by Crippen LogP contribution is -2.31. The van der Waals surface area contributed by atoms with Gasteiger partial charge in [0.1, 0.15) is 5.78 Å². The zero-order chi connectivity index (χ0) is 9.94. The van der Waals surface area contributed by atoms with Gasteiger partial charge in [-0.2, -0.15) is 0 Å². The molecule has 1 heteroatoms. The number of carbonyl (C=O) groups is 1. The van der Waals surface area contributed by atoms with Crippen LogP contribution in [0.2, 0.25) is 0 Å². The molecule has 0 fully saturated rings. The summed E-state index contributed by atoms with van der Waals surface area (Å²) in [4.78, 5) is 11.8. The van der Waals surface area contributed by atoms with E-state index in [1.807, 2.05) is 20.8 Å². The first-order valence-corrected chi connectivity index (χ1v) is 4.85. The van der Waals surface area contributed by atoms with Crippen molar-refractivity contribution in [1.82, 2.24) is 0 Å². The third-order valence-corrected chi connectivity index (χ3v) is 2.32. The van der Waals surface area contributed by atoms with Crippen molar-refractivity contribution in [3.63, 3.8) is 0 Å². The Balaban J connectivity index is 4.44. The predicted octanol–water partition coefficient (Wildman–Crippen LogP) is 3.28. The molecule has 0 spiro atoms. The van der Waals surface area contributed by atoms with E-state index in [4.69, 9.17) is 0 Å². The van der Waals surface area contributed by atoms with E-state index in [9.17, 15) is 4.79 Å². The van der Waals surface area contributed by atoms with Gasteiger partial charge in [-0.1, -0.05) is 41.5 Å². The molecule has 0 N–H and O–H groups in total. The Morgan fingerprint density at radius 1 is 1.25 bits per heavy atom. The van der Waals surface area contributed by atoms with Gasteiger partial charge < -0.3 is 0 Å². The molecule has 0 radical (unpaired) electrons. The largest absolute Gasteiger partial charge is 0.299 e. The zero-order valence-electron chi connectivity index (χ0n) is 9.27. The first kappa shape index (κ1) is 11.7. The summed E-state index contributed by atoms with van der Waals surface area (Å²) < 4.78 is 0. The van der Waals surface area contributed by atoms with E-state index in [0.29, 0.717) is 11.7 Å². The summed E-state index contributed by atoms with van der Waals surface area (Å²) in [5.74, 6) is 1.12. The average Bonchev–Trinajstić information content (AvgIpc) is 1.86. The van der Waals surface area contributed by atoms with Gasteiger partial charge >= 0.3 is 0 Å². The van der Waals surface area contributed by atoms with Gasteiger partial charge in [-0.05, 0) is 12.3 Å². The van der Waals surface area contributed by atoms with Crippen LogP contribution in [-0.4, -0.2) is 5.78 Å². The molecule has 0 aliphatic heterocycles. The van der Waals surface area contributed by atoms with Crippen LogP contribution in [0.5, 0.6) is 0 Å². The van der Waals surface area contributed by atoms with Crippen molar-refractivity contribution in [2.45, 2.75) is 48.0 Å². The molecule has 1 atom stereocenters. The second-order valence-corrected chi connectivity index (χ2v) is 4.87. The van der Waals surface area contributed by atoms with Crippen LogP contribution in [0.25, 0.3) is 0 Å². The van der Waals surface area contributed by atoms with Gasteiger partial charge in [0.15, 0.2) is 0 Å². The minimum Gasteiger partial charge on any atom is -0.299 e. The molecule has 0 aliphatic carbocycles. The number of hydrogen-bond acceptors (Lipinski definition) is 1. The number of ketones is 1. The predicted molar refractivity (Wildman–Crippen MR) is 53.1 cm³/mol. The van der Waals surface area contributed by atoms with E-state index in [2.05, 4.69) is 20.8 Å². The highest BCUT2D eigenvalue weighted by atomic mass is 16.1. The van der Waals surface area contributed by atoms with E-state index in [1.54, 1.807) is 0 Å². The molecule has 0 aliphatic rings. The van der Waals surface area contributed by atoms with Crippen LogP contribution in [0.4, 0.5) is 0 Å². The van der Waals surface area contributed by atoms with Crippen LogP contribution >= 0.6 is 0 Å². The topological polar surface area (TPSA) is 17.1 Å². The van der Waals surface area contributed by atoms with Gasteiger partial charge in [-0.15, -0.1) is 0 Å². The molecule has 12 heavy (non-hydrogen) atoms. The van der Waals surface area contributed by atoms with Gasteiger partial charge in [-0.25, -0.2) is 0 Å². The van der Waals surface area contributed by atoms with E-state index >= 15 is 0 Å². The van der Waals surface area contributed by atoms with E-state index in [0.717, 1.165) is 6.42 Å². The molecule has 0 saturated carbocycles. The minimum absolute atomic E-state index is 0.176. The average molecular weight is 170 g/mol. The zero-order valence-corrected chi connectivity index (χ0v) is 9.27. The first-order chi connectivity index (χ1) is 5.30. The molecule has 0 heterocycles. The van der Waals surface area contributed by atoms with Crippen molar-refractivity contribution in [1.29, 1.82) is 0 Å². The summed E-state index contributed by atoms with van der Waals surface area (Å²) in [5, 5.41) is 0. The summed E-state index contributed by atoms with van der Waals surface area (Å²) in [6.07, 6.45) is 0.966. The Hall–Kier alpha value is -0.330. The Morgan fingerprint density at radius 2 is 1.67 bits per heavy atom. The SMILES string of the molecule is CCC(C(=O)C(C)(C)C)C(C)C. The lowest BCUT2D eigenvalue weighted by molar-refractivity contribution is -0.131. The van der Waals surface area contributed by atoms with E-state index in [1.165, 1.54) is 0 Å². The number of rotatable bonds is 3. The second kappa shape index (κ2) is 4.06. The quantitative estimate of drug-likeness (QED) is 0.635. The Kier molecular flexibility index (Phi) is 3.95. The smallest absolute Gasteiger partial charge is 0.141 e. The summed E-state index contributed by atoms with van der Waals surface area (Å²) in [6.45, 7) is 12.3. The highest BCUT2D eigenvalue weighted by Gasteiger charge is 2.29. The fourth-order valence-electron chi connectivity index (χ4n) is 1.52. The summed E-state index contributed by atoms with van der Waals surface area (Å²) in [7, 11) is 0. The molecule has 72 valence electrons. The maximum absolute atomic E-state index is 11.8. The van der Waals surface area contributed by atoms with E-state index in [-0.39, 0.29) is 11.3 Å². The van der Waals surface area contributed by atoms with Crippen molar-refractivity contribution in [2.75, 3.05) is 0 Å². The standard InChI is InChI=1S/C11H22O/c1-7-9(8(2)3)10(12)11(4,5)6/h8-9H,7H2,1-6H3. The fourth-order valence-corrected chi connectivity index (χ4v) is 1.52. The van der Waals surface area contributed by atoms with Crippen LogP contribution < -0.4 is 0 Å². The normalized spacial score (nSPS) is 14.9. The van der Waals surface area contributed by atoms with Crippen molar-refractivity contribution in [2.24, 2.45) is 17.3 Å². The molecular weight excluding hydrogens is 148 g/mol. The van der Waals surface area contributed by atoms with Crippen LogP contribution in [0.3, 0.4) is 0 Å². The number of carbonyl (C=O) groups excluding carboxylic acids is 1.